The van der Waals surface area contributed by atoms with Crippen molar-refractivity contribution in [3.63, 3.8) is 0 Å². The second-order valence-electron chi connectivity index (χ2n) is 4.88. The van der Waals surface area contributed by atoms with Gasteiger partial charge in [0.05, 0.1) is 34.7 Å². The van der Waals surface area contributed by atoms with Crippen LogP contribution in [0.25, 0.3) is 0 Å². The number of nitrogens with one attached hydrogen (secondary N) is 1. The van der Waals surface area contributed by atoms with Gasteiger partial charge in [-0.15, -0.1) is 0 Å². The first-order valence-corrected chi connectivity index (χ1v) is 7.40. The fourth-order valence-electron chi connectivity index (χ4n) is 2.13. The first-order chi connectivity index (χ1) is 12.1. The number of methoxy groups -OCH3 is 4. The first-order valence-electron chi connectivity index (χ1n) is 7.40. The van der Waals surface area contributed by atoms with Crippen molar-refractivity contribution < 1.29 is 23.7 Å². The maximum Gasteiger partial charge on any atom is 0.271 e. The fraction of sp³-hybridized carbons (Fsp3) is 0.222. The average molecular weight is 344 g/mol. The van der Waals surface area contributed by atoms with Crippen molar-refractivity contribution in [2.45, 2.75) is 0 Å². The van der Waals surface area contributed by atoms with Crippen LogP contribution in [0.2, 0.25) is 0 Å². The van der Waals surface area contributed by atoms with Crippen LogP contribution in [0, 0.1) is 0 Å². The largest absolute Gasteiger partial charge is 0.497 e. The summed E-state index contributed by atoms with van der Waals surface area (Å²) in [4.78, 5) is 12.2. The van der Waals surface area contributed by atoms with Gasteiger partial charge in [0.15, 0.2) is 11.5 Å². The minimum Gasteiger partial charge on any atom is -0.497 e. The van der Waals surface area contributed by atoms with Crippen molar-refractivity contribution in [2.75, 3.05) is 28.4 Å². The highest BCUT2D eigenvalue weighted by atomic mass is 16.5. The highest BCUT2D eigenvalue weighted by Gasteiger charge is 2.10. The molecule has 2 rings (SSSR count). The number of rotatable bonds is 7. The van der Waals surface area contributed by atoms with Crippen LogP contribution in [-0.2, 0) is 0 Å². The van der Waals surface area contributed by atoms with Crippen LogP contribution >= 0.6 is 0 Å². The molecule has 0 heterocycles. The molecule has 1 N–H and O–H groups in total. The summed E-state index contributed by atoms with van der Waals surface area (Å²) in [6.45, 7) is 0. The third-order valence-electron chi connectivity index (χ3n) is 3.46. The van der Waals surface area contributed by atoms with E-state index in [1.165, 1.54) is 20.4 Å². The smallest absolute Gasteiger partial charge is 0.271 e. The standard InChI is InChI=1S/C18H20N2O5/c1-22-14-7-5-13(16(10-14)24-3)11-19-20-18(21)12-6-8-15(23-2)17(9-12)25-4/h5-11H,1-4H3,(H,20,21)/b19-11-. The van der Waals surface area contributed by atoms with Gasteiger partial charge in [-0.05, 0) is 30.3 Å². The Kier molecular flexibility index (Phi) is 6.22. The molecule has 0 aromatic heterocycles. The van der Waals surface area contributed by atoms with E-state index in [4.69, 9.17) is 18.9 Å². The lowest BCUT2D eigenvalue weighted by molar-refractivity contribution is 0.0954. The Balaban J connectivity index is 2.10. The van der Waals surface area contributed by atoms with Gasteiger partial charge in [0.1, 0.15) is 11.5 Å². The molecule has 0 saturated heterocycles. The summed E-state index contributed by atoms with van der Waals surface area (Å²) in [7, 11) is 6.16. The number of nitrogens with zero attached hydrogens (tertiary/aromatic N) is 1. The van der Waals surface area contributed by atoms with Crippen LogP contribution in [-0.4, -0.2) is 40.6 Å². The van der Waals surface area contributed by atoms with Gasteiger partial charge in [-0.25, -0.2) is 5.43 Å². The summed E-state index contributed by atoms with van der Waals surface area (Å²) < 4.78 is 20.7. The maximum atomic E-state index is 12.2. The van der Waals surface area contributed by atoms with E-state index in [2.05, 4.69) is 10.5 Å². The highest BCUT2D eigenvalue weighted by molar-refractivity contribution is 5.95. The molecule has 0 aliphatic heterocycles. The van der Waals surface area contributed by atoms with Gasteiger partial charge in [0, 0.05) is 17.2 Å². The zero-order valence-corrected chi connectivity index (χ0v) is 14.5. The molecule has 132 valence electrons. The summed E-state index contributed by atoms with van der Waals surface area (Å²) in [6.07, 6.45) is 1.50. The zero-order chi connectivity index (χ0) is 18.2. The van der Waals surface area contributed by atoms with Gasteiger partial charge in [0.25, 0.3) is 5.91 Å². The molecule has 0 unspecified atom stereocenters. The molecule has 25 heavy (non-hydrogen) atoms. The Morgan fingerprint density at radius 1 is 0.880 bits per heavy atom. The van der Waals surface area contributed by atoms with Gasteiger partial charge >= 0.3 is 0 Å². The van der Waals surface area contributed by atoms with Crippen molar-refractivity contribution in [3.8, 4) is 23.0 Å². The number of hydrogen-bond acceptors (Lipinski definition) is 6. The van der Waals surface area contributed by atoms with Crippen LogP contribution < -0.4 is 24.4 Å². The molecule has 1 amide bonds. The molecule has 7 nitrogen and oxygen atoms in total. The molecule has 2 aromatic carbocycles. The Bertz CT molecular complexity index is 774. The number of ether oxygens (including phenoxy) is 4. The summed E-state index contributed by atoms with van der Waals surface area (Å²) in [5.74, 6) is 1.90. The van der Waals surface area contributed by atoms with Crippen LogP contribution in [0.3, 0.4) is 0 Å². The quantitative estimate of drug-likeness (QED) is 0.617. The van der Waals surface area contributed by atoms with Gasteiger partial charge in [0.2, 0.25) is 0 Å². The van der Waals surface area contributed by atoms with Gasteiger partial charge in [-0.1, -0.05) is 0 Å². The van der Waals surface area contributed by atoms with Crippen molar-refractivity contribution >= 4 is 12.1 Å². The number of amides is 1. The second-order valence-corrected chi connectivity index (χ2v) is 4.88. The molecule has 0 radical (unpaired) electrons. The van der Waals surface area contributed by atoms with Gasteiger partial charge in [-0.3, -0.25) is 4.79 Å². The lowest BCUT2D eigenvalue weighted by atomic mass is 10.2. The van der Waals surface area contributed by atoms with Crippen LogP contribution in [0.15, 0.2) is 41.5 Å². The van der Waals surface area contributed by atoms with Gasteiger partial charge < -0.3 is 18.9 Å². The summed E-state index contributed by atoms with van der Waals surface area (Å²) >= 11 is 0. The lowest BCUT2D eigenvalue weighted by Gasteiger charge is -2.09. The molecule has 0 atom stereocenters. The summed E-state index contributed by atoms with van der Waals surface area (Å²) in [6, 6.07) is 10.2. The molecule has 0 spiro atoms. The second kappa shape index (κ2) is 8.58. The fourth-order valence-corrected chi connectivity index (χ4v) is 2.13. The average Bonchev–Trinajstić information content (AvgIpc) is 2.67. The normalized spacial score (nSPS) is 10.4. The monoisotopic (exact) mass is 344 g/mol. The van der Waals surface area contributed by atoms with E-state index < -0.39 is 0 Å². The number of benzene rings is 2. The number of carbonyl (C=O) groups is 1. The SMILES string of the molecule is COc1ccc(/C=N\NC(=O)c2ccc(OC)c(OC)c2)c(OC)c1. The maximum absolute atomic E-state index is 12.2. The van der Waals surface area contributed by atoms with Crippen molar-refractivity contribution in [1.82, 2.24) is 5.43 Å². The Morgan fingerprint density at radius 3 is 2.24 bits per heavy atom. The lowest BCUT2D eigenvalue weighted by Crippen LogP contribution is -2.17. The third-order valence-corrected chi connectivity index (χ3v) is 3.46. The molecule has 0 saturated carbocycles. The van der Waals surface area contributed by atoms with E-state index in [9.17, 15) is 4.79 Å². The summed E-state index contributed by atoms with van der Waals surface area (Å²) in [5, 5.41) is 3.96. The number of carbonyl (C=O) groups excluding carboxylic acids is 1. The van der Waals surface area contributed by atoms with E-state index in [1.54, 1.807) is 50.6 Å². The summed E-state index contributed by atoms with van der Waals surface area (Å²) in [5.41, 5.74) is 3.57. The minimum absolute atomic E-state index is 0.371. The van der Waals surface area contributed by atoms with E-state index in [1.807, 2.05) is 0 Å². The molecule has 0 aliphatic rings. The minimum atomic E-state index is -0.371. The van der Waals surface area contributed by atoms with Crippen LogP contribution in [0.4, 0.5) is 0 Å². The Hall–Kier alpha value is -3.22. The zero-order valence-electron chi connectivity index (χ0n) is 14.5. The molecule has 7 heteroatoms. The highest BCUT2D eigenvalue weighted by Crippen LogP contribution is 2.27. The van der Waals surface area contributed by atoms with Crippen molar-refractivity contribution in [3.05, 3.63) is 47.5 Å². The topological polar surface area (TPSA) is 78.4 Å². The molecular weight excluding hydrogens is 324 g/mol. The van der Waals surface area contributed by atoms with Crippen LogP contribution in [0.1, 0.15) is 15.9 Å². The number of hydrogen-bond donors (Lipinski definition) is 1. The van der Waals surface area contributed by atoms with E-state index >= 15 is 0 Å². The van der Waals surface area contributed by atoms with E-state index in [0.717, 1.165) is 0 Å². The third kappa shape index (κ3) is 4.41. The van der Waals surface area contributed by atoms with E-state index in [0.29, 0.717) is 34.1 Å². The first kappa shape index (κ1) is 18.1. The molecule has 0 aliphatic carbocycles. The molecule has 2 aromatic rings. The number of hydrazone groups is 1. The predicted octanol–water partition coefficient (Wildman–Crippen LogP) is 2.48. The van der Waals surface area contributed by atoms with E-state index in [-0.39, 0.29) is 5.91 Å². The Morgan fingerprint density at radius 2 is 1.60 bits per heavy atom. The van der Waals surface area contributed by atoms with Crippen molar-refractivity contribution in [2.24, 2.45) is 5.10 Å². The van der Waals surface area contributed by atoms with Gasteiger partial charge in [-0.2, -0.15) is 5.10 Å². The van der Waals surface area contributed by atoms with Crippen molar-refractivity contribution in [1.29, 1.82) is 0 Å². The predicted molar refractivity (Wildman–Crippen MR) is 94.2 cm³/mol. The molecular formula is C18H20N2O5. The Labute approximate surface area is 146 Å². The molecule has 0 fully saturated rings. The van der Waals surface area contributed by atoms with Crippen LogP contribution in [0.5, 0.6) is 23.0 Å². The molecule has 0 bridgehead atoms.